The van der Waals surface area contributed by atoms with Crippen molar-refractivity contribution in [2.24, 2.45) is 0 Å². The number of sulfonamides is 1. The molecule has 0 radical (unpaired) electrons. The van der Waals surface area contributed by atoms with Crippen LogP contribution in [0.2, 0.25) is 0 Å². The molecule has 6 nitrogen and oxygen atoms in total. The first-order valence-corrected chi connectivity index (χ1v) is 11.4. The number of nitrogens with zero attached hydrogens (tertiary/aromatic N) is 2. The van der Waals surface area contributed by atoms with Crippen molar-refractivity contribution in [2.45, 2.75) is 43.9 Å². The van der Waals surface area contributed by atoms with Gasteiger partial charge in [0.25, 0.3) is 5.91 Å². The maximum atomic E-state index is 12.9. The van der Waals surface area contributed by atoms with Gasteiger partial charge in [0.1, 0.15) is 0 Å². The second kappa shape index (κ2) is 9.39. The number of piperazine rings is 1. The van der Waals surface area contributed by atoms with Crippen LogP contribution in [0.15, 0.2) is 52.0 Å². The third-order valence-electron chi connectivity index (χ3n) is 5.14. The van der Waals surface area contributed by atoms with Crippen LogP contribution in [0.3, 0.4) is 0 Å². The summed E-state index contributed by atoms with van der Waals surface area (Å²) >= 11 is 0. The average Bonchev–Trinajstić information content (AvgIpc) is 3.26. The number of furan rings is 1. The van der Waals surface area contributed by atoms with Crippen molar-refractivity contribution < 1.29 is 17.6 Å². The van der Waals surface area contributed by atoms with Gasteiger partial charge in [-0.15, -0.1) is 0 Å². The summed E-state index contributed by atoms with van der Waals surface area (Å²) in [6.45, 7) is 3.47. The molecule has 0 atom stereocenters. The fraction of sp³-hybridized carbons (Fsp3) is 0.476. The molecule has 1 aromatic heterocycles. The standard InChI is InChI=1S/C21H28N2O4S/c1-2-3-4-5-7-18-9-11-19(12-10-18)28(25,26)23-15-13-22(14-16-23)21(24)20-8-6-17-27-20/h6,8-12,17H,2-5,7,13-16H2,1H3. The zero-order chi connectivity index (χ0) is 20.0. The Morgan fingerprint density at radius 3 is 2.32 bits per heavy atom. The molecule has 28 heavy (non-hydrogen) atoms. The SMILES string of the molecule is CCCCCCc1ccc(S(=O)(=O)N2CCN(C(=O)c3ccco3)CC2)cc1. The highest BCUT2D eigenvalue weighted by Crippen LogP contribution is 2.20. The Hall–Kier alpha value is -2.12. The number of amides is 1. The first-order chi connectivity index (χ1) is 13.5. The molecule has 0 N–H and O–H groups in total. The summed E-state index contributed by atoms with van der Waals surface area (Å²) in [6, 6.07) is 10.5. The van der Waals surface area contributed by atoms with Crippen LogP contribution in [0.5, 0.6) is 0 Å². The van der Waals surface area contributed by atoms with Gasteiger partial charge in [0.05, 0.1) is 11.2 Å². The van der Waals surface area contributed by atoms with Gasteiger partial charge in [-0.05, 0) is 42.7 Å². The average molecular weight is 405 g/mol. The topological polar surface area (TPSA) is 70.8 Å². The van der Waals surface area contributed by atoms with Crippen LogP contribution in [0.25, 0.3) is 0 Å². The summed E-state index contributed by atoms with van der Waals surface area (Å²) < 4.78 is 32.4. The Bertz CT molecular complexity index is 852. The molecule has 0 saturated carbocycles. The zero-order valence-electron chi connectivity index (χ0n) is 16.3. The van der Waals surface area contributed by atoms with Crippen molar-refractivity contribution in [1.82, 2.24) is 9.21 Å². The molecule has 0 unspecified atom stereocenters. The molecular formula is C21H28N2O4S. The van der Waals surface area contributed by atoms with Crippen molar-refractivity contribution >= 4 is 15.9 Å². The fourth-order valence-electron chi connectivity index (χ4n) is 3.42. The number of aryl methyl sites for hydroxylation is 1. The third-order valence-corrected chi connectivity index (χ3v) is 7.05. The van der Waals surface area contributed by atoms with Crippen molar-refractivity contribution in [3.63, 3.8) is 0 Å². The number of hydrogen-bond acceptors (Lipinski definition) is 4. The number of hydrogen-bond donors (Lipinski definition) is 0. The van der Waals surface area contributed by atoms with Crippen molar-refractivity contribution in [2.75, 3.05) is 26.2 Å². The number of benzene rings is 1. The van der Waals surface area contributed by atoms with Crippen LogP contribution >= 0.6 is 0 Å². The van der Waals surface area contributed by atoms with E-state index in [1.54, 1.807) is 29.2 Å². The zero-order valence-corrected chi connectivity index (χ0v) is 17.2. The summed E-state index contributed by atoms with van der Waals surface area (Å²) in [7, 11) is -3.54. The van der Waals surface area contributed by atoms with Crippen molar-refractivity contribution in [3.8, 4) is 0 Å². The second-order valence-electron chi connectivity index (χ2n) is 7.13. The minimum absolute atomic E-state index is 0.200. The van der Waals surface area contributed by atoms with Gasteiger partial charge in [-0.3, -0.25) is 4.79 Å². The molecular weight excluding hydrogens is 376 g/mol. The molecule has 152 valence electrons. The van der Waals surface area contributed by atoms with Gasteiger partial charge in [-0.2, -0.15) is 4.31 Å². The molecule has 1 aromatic carbocycles. The first kappa shape index (κ1) is 20.6. The fourth-order valence-corrected chi connectivity index (χ4v) is 4.84. The van der Waals surface area contributed by atoms with Crippen LogP contribution in [0.1, 0.15) is 48.7 Å². The quantitative estimate of drug-likeness (QED) is 0.631. The van der Waals surface area contributed by atoms with Crippen LogP contribution in [0, 0.1) is 0 Å². The van der Waals surface area contributed by atoms with Crippen molar-refractivity contribution in [1.29, 1.82) is 0 Å². The normalized spacial score (nSPS) is 15.7. The lowest BCUT2D eigenvalue weighted by atomic mass is 10.1. The van der Waals surface area contributed by atoms with Crippen LogP contribution < -0.4 is 0 Å². The number of rotatable bonds is 8. The van der Waals surface area contributed by atoms with Crippen LogP contribution in [0.4, 0.5) is 0 Å². The lowest BCUT2D eigenvalue weighted by molar-refractivity contribution is 0.0666. The highest BCUT2D eigenvalue weighted by atomic mass is 32.2. The molecule has 3 rings (SSSR count). The van der Waals surface area contributed by atoms with E-state index in [0.717, 1.165) is 12.8 Å². The lowest BCUT2D eigenvalue weighted by Crippen LogP contribution is -2.50. The maximum absolute atomic E-state index is 12.9. The van der Waals surface area contributed by atoms with E-state index in [-0.39, 0.29) is 24.8 Å². The molecule has 7 heteroatoms. The van der Waals surface area contributed by atoms with E-state index in [9.17, 15) is 13.2 Å². The summed E-state index contributed by atoms with van der Waals surface area (Å²) in [5.41, 5.74) is 1.17. The summed E-state index contributed by atoms with van der Waals surface area (Å²) in [5, 5.41) is 0. The van der Waals surface area contributed by atoms with Gasteiger partial charge in [0, 0.05) is 26.2 Å². The molecule has 1 aliphatic rings. The molecule has 1 saturated heterocycles. The number of carbonyl (C=O) groups is 1. The van der Waals surface area contributed by atoms with E-state index in [0.29, 0.717) is 18.0 Å². The summed E-state index contributed by atoms with van der Waals surface area (Å²) in [6.07, 6.45) is 7.22. The molecule has 1 fully saturated rings. The van der Waals surface area contributed by atoms with Gasteiger partial charge < -0.3 is 9.32 Å². The highest BCUT2D eigenvalue weighted by molar-refractivity contribution is 7.89. The van der Waals surface area contributed by atoms with E-state index >= 15 is 0 Å². The van der Waals surface area contributed by atoms with Crippen LogP contribution in [-0.4, -0.2) is 49.7 Å². The van der Waals surface area contributed by atoms with Gasteiger partial charge in [-0.25, -0.2) is 8.42 Å². The molecule has 2 aromatic rings. The number of carbonyl (C=O) groups excluding carboxylic acids is 1. The minimum atomic E-state index is -3.54. The van der Waals surface area contributed by atoms with Gasteiger partial charge in [0.2, 0.25) is 10.0 Å². The van der Waals surface area contributed by atoms with E-state index in [2.05, 4.69) is 6.92 Å². The largest absolute Gasteiger partial charge is 0.459 e. The Balaban J connectivity index is 1.57. The first-order valence-electron chi connectivity index (χ1n) is 9.94. The second-order valence-corrected chi connectivity index (χ2v) is 9.07. The molecule has 1 aliphatic heterocycles. The predicted octanol–water partition coefficient (Wildman–Crippen LogP) is 3.55. The molecule has 0 aliphatic carbocycles. The monoisotopic (exact) mass is 404 g/mol. The minimum Gasteiger partial charge on any atom is -0.459 e. The van der Waals surface area contributed by atoms with E-state index in [1.165, 1.54) is 35.4 Å². The predicted molar refractivity (Wildman–Crippen MR) is 108 cm³/mol. The van der Waals surface area contributed by atoms with E-state index in [4.69, 9.17) is 4.42 Å². The van der Waals surface area contributed by atoms with E-state index < -0.39 is 10.0 Å². The molecule has 0 spiro atoms. The Labute approximate surface area is 167 Å². The molecule has 2 heterocycles. The summed E-state index contributed by atoms with van der Waals surface area (Å²) in [5.74, 6) is 0.0836. The van der Waals surface area contributed by atoms with Crippen LogP contribution in [-0.2, 0) is 16.4 Å². The summed E-state index contributed by atoms with van der Waals surface area (Å²) in [4.78, 5) is 14.3. The Morgan fingerprint density at radius 1 is 1.00 bits per heavy atom. The Morgan fingerprint density at radius 2 is 1.71 bits per heavy atom. The smallest absolute Gasteiger partial charge is 0.289 e. The molecule has 0 bridgehead atoms. The number of unbranched alkanes of at least 4 members (excludes halogenated alkanes) is 3. The van der Waals surface area contributed by atoms with Crippen molar-refractivity contribution in [3.05, 3.63) is 54.0 Å². The maximum Gasteiger partial charge on any atom is 0.289 e. The Kier molecular flexibility index (Phi) is 6.91. The van der Waals surface area contributed by atoms with Gasteiger partial charge >= 0.3 is 0 Å². The molecule has 1 amide bonds. The third kappa shape index (κ3) is 4.83. The van der Waals surface area contributed by atoms with E-state index in [1.807, 2.05) is 12.1 Å². The van der Waals surface area contributed by atoms with Gasteiger partial charge in [-0.1, -0.05) is 38.3 Å². The lowest BCUT2D eigenvalue weighted by Gasteiger charge is -2.33. The highest BCUT2D eigenvalue weighted by Gasteiger charge is 2.31. The van der Waals surface area contributed by atoms with Gasteiger partial charge in [0.15, 0.2) is 5.76 Å².